The predicted molar refractivity (Wildman–Crippen MR) is 48.4 cm³/mol. The Balaban J connectivity index is 3.09. The molecule has 0 radical (unpaired) electrons. The normalized spacial score (nSPS) is 9.64. The van der Waals surface area contributed by atoms with Gasteiger partial charge in [-0.3, -0.25) is 4.98 Å². The summed E-state index contributed by atoms with van der Waals surface area (Å²) in [6.07, 6.45) is 4.71. The molecule has 11 heavy (non-hydrogen) atoms. The van der Waals surface area contributed by atoms with Crippen LogP contribution in [0.15, 0.2) is 18.8 Å². The van der Waals surface area contributed by atoms with Gasteiger partial charge in [-0.2, -0.15) is 0 Å². The molecule has 0 unspecified atom stereocenters. The van der Waals surface area contributed by atoms with E-state index in [2.05, 4.69) is 31.5 Å². The lowest BCUT2D eigenvalue weighted by atomic mass is 10.1. The summed E-state index contributed by atoms with van der Waals surface area (Å²) in [6, 6.07) is 2.11. The van der Waals surface area contributed by atoms with Crippen molar-refractivity contribution in [2.75, 3.05) is 0 Å². The van der Waals surface area contributed by atoms with Gasteiger partial charge in [0.1, 0.15) is 0 Å². The molecule has 1 heterocycles. The molecule has 0 aliphatic heterocycles. The molecule has 1 nitrogen and oxygen atoms in total. The molecule has 1 rings (SSSR count). The fourth-order valence-corrected chi connectivity index (χ4v) is 1.03. The van der Waals surface area contributed by atoms with Gasteiger partial charge in [0.25, 0.3) is 0 Å². The van der Waals surface area contributed by atoms with Crippen molar-refractivity contribution in [2.45, 2.75) is 20.3 Å². The molecule has 0 atom stereocenters. The summed E-state index contributed by atoms with van der Waals surface area (Å²) in [6.45, 7) is 7.89. The number of hydrogen-bond acceptors (Lipinski definition) is 1. The Morgan fingerprint density at radius 2 is 2.36 bits per heavy atom. The zero-order valence-electron chi connectivity index (χ0n) is 7.09. The van der Waals surface area contributed by atoms with Crippen molar-refractivity contribution < 1.29 is 0 Å². The first-order valence-electron chi connectivity index (χ1n) is 3.86. The summed E-state index contributed by atoms with van der Waals surface area (Å²) in [5, 5.41) is 0. The summed E-state index contributed by atoms with van der Waals surface area (Å²) in [5.41, 5.74) is 3.53. The third-order valence-corrected chi connectivity index (χ3v) is 1.79. The number of rotatable bonds is 2. The minimum atomic E-state index is 0.998. The Kier molecular flexibility index (Phi) is 2.42. The fourth-order valence-electron chi connectivity index (χ4n) is 1.03. The van der Waals surface area contributed by atoms with Gasteiger partial charge in [0.05, 0.1) is 0 Å². The van der Waals surface area contributed by atoms with Gasteiger partial charge >= 0.3 is 0 Å². The molecule has 0 saturated carbocycles. The van der Waals surface area contributed by atoms with Gasteiger partial charge in [0.15, 0.2) is 0 Å². The molecule has 0 aliphatic rings. The molecular formula is C10H13N. The molecular weight excluding hydrogens is 134 g/mol. The van der Waals surface area contributed by atoms with Gasteiger partial charge in [-0.15, -0.1) is 0 Å². The lowest BCUT2D eigenvalue weighted by Gasteiger charge is -2.01. The molecule has 0 bridgehead atoms. The van der Waals surface area contributed by atoms with Crippen molar-refractivity contribution in [3.05, 3.63) is 35.7 Å². The molecule has 0 saturated heterocycles. The minimum Gasteiger partial charge on any atom is -0.261 e. The third kappa shape index (κ3) is 1.67. The molecule has 1 aromatic heterocycles. The van der Waals surface area contributed by atoms with Crippen LogP contribution in [0.25, 0.3) is 6.08 Å². The van der Waals surface area contributed by atoms with Crippen LogP contribution in [0.2, 0.25) is 0 Å². The van der Waals surface area contributed by atoms with Gasteiger partial charge in [0, 0.05) is 11.9 Å². The van der Waals surface area contributed by atoms with E-state index < -0.39 is 0 Å². The lowest BCUT2D eigenvalue weighted by Crippen LogP contribution is -1.89. The molecule has 0 aromatic carbocycles. The Hall–Kier alpha value is -1.11. The van der Waals surface area contributed by atoms with E-state index in [9.17, 15) is 0 Å². The fraction of sp³-hybridized carbons (Fsp3) is 0.300. The second kappa shape index (κ2) is 3.33. The highest BCUT2D eigenvalue weighted by Gasteiger charge is 1.95. The van der Waals surface area contributed by atoms with Crippen molar-refractivity contribution in [3.8, 4) is 0 Å². The maximum Gasteiger partial charge on any atom is 0.0403 e. The van der Waals surface area contributed by atoms with Crippen LogP contribution >= 0.6 is 0 Å². The first kappa shape index (κ1) is 7.99. The number of hydrogen-bond donors (Lipinski definition) is 0. The number of nitrogens with zero attached hydrogens (tertiary/aromatic N) is 1. The van der Waals surface area contributed by atoms with Gasteiger partial charge in [0.2, 0.25) is 0 Å². The summed E-state index contributed by atoms with van der Waals surface area (Å²) in [5.74, 6) is 0. The van der Waals surface area contributed by atoms with Crippen molar-refractivity contribution in [2.24, 2.45) is 0 Å². The van der Waals surface area contributed by atoms with Crippen LogP contribution in [-0.4, -0.2) is 4.98 Å². The number of aryl methyl sites for hydroxylation is 2. The Labute approximate surface area is 67.8 Å². The highest BCUT2D eigenvalue weighted by Crippen LogP contribution is 2.09. The molecule has 0 amide bonds. The molecule has 0 N–H and O–H groups in total. The van der Waals surface area contributed by atoms with Gasteiger partial charge in [-0.25, -0.2) is 0 Å². The smallest absolute Gasteiger partial charge is 0.0403 e. The second-order valence-electron chi connectivity index (χ2n) is 2.59. The number of pyridine rings is 1. The second-order valence-corrected chi connectivity index (χ2v) is 2.59. The Morgan fingerprint density at radius 1 is 1.64 bits per heavy atom. The van der Waals surface area contributed by atoms with E-state index in [0.29, 0.717) is 0 Å². The van der Waals surface area contributed by atoms with Gasteiger partial charge in [-0.1, -0.05) is 19.6 Å². The maximum atomic E-state index is 4.26. The molecule has 0 aliphatic carbocycles. The average Bonchev–Trinajstić information content (AvgIpc) is 2.04. The third-order valence-electron chi connectivity index (χ3n) is 1.79. The summed E-state index contributed by atoms with van der Waals surface area (Å²) in [7, 11) is 0. The van der Waals surface area contributed by atoms with Crippen LogP contribution in [0.5, 0.6) is 0 Å². The monoisotopic (exact) mass is 147 g/mol. The van der Waals surface area contributed by atoms with E-state index in [1.165, 1.54) is 5.56 Å². The van der Waals surface area contributed by atoms with Gasteiger partial charge < -0.3 is 0 Å². The van der Waals surface area contributed by atoms with Crippen LogP contribution in [0, 0.1) is 6.92 Å². The topological polar surface area (TPSA) is 12.9 Å². The first-order chi connectivity index (χ1) is 5.27. The summed E-state index contributed by atoms with van der Waals surface area (Å²) in [4.78, 5) is 4.26. The summed E-state index contributed by atoms with van der Waals surface area (Å²) >= 11 is 0. The zero-order chi connectivity index (χ0) is 8.27. The van der Waals surface area contributed by atoms with Crippen LogP contribution in [0.3, 0.4) is 0 Å². The van der Waals surface area contributed by atoms with Crippen LogP contribution < -0.4 is 0 Å². The lowest BCUT2D eigenvalue weighted by molar-refractivity contribution is 1.02. The Morgan fingerprint density at radius 3 is 2.82 bits per heavy atom. The predicted octanol–water partition coefficient (Wildman–Crippen LogP) is 2.60. The Bertz CT molecular complexity index is 264. The van der Waals surface area contributed by atoms with E-state index in [4.69, 9.17) is 0 Å². The molecule has 0 spiro atoms. The molecule has 0 fully saturated rings. The van der Waals surface area contributed by atoms with Crippen molar-refractivity contribution >= 4 is 6.08 Å². The molecule has 1 heteroatoms. The van der Waals surface area contributed by atoms with Crippen LogP contribution in [0.1, 0.15) is 23.7 Å². The van der Waals surface area contributed by atoms with Gasteiger partial charge in [-0.05, 0) is 30.5 Å². The molecule has 1 aromatic rings. The van der Waals surface area contributed by atoms with E-state index in [1.807, 2.05) is 12.3 Å². The van der Waals surface area contributed by atoms with Crippen molar-refractivity contribution in [1.82, 2.24) is 4.98 Å². The van der Waals surface area contributed by atoms with E-state index in [0.717, 1.165) is 17.7 Å². The maximum absolute atomic E-state index is 4.26. The standard InChI is InChI=1S/C10H13N/c1-4-9-7-11-10(5-2)6-8(9)3/h4,6-7H,1,5H2,2-3H3. The van der Waals surface area contributed by atoms with E-state index >= 15 is 0 Å². The highest BCUT2D eigenvalue weighted by molar-refractivity contribution is 5.50. The first-order valence-corrected chi connectivity index (χ1v) is 3.86. The van der Waals surface area contributed by atoms with Crippen LogP contribution in [0.4, 0.5) is 0 Å². The van der Waals surface area contributed by atoms with Crippen molar-refractivity contribution in [3.63, 3.8) is 0 Å². The minimum absolute atomic E-state index is 0.998. The largest absolute Gasteiger partial charge is 0.261 e. The van der Waals surface area contributed by atoms with Crippen LogP contribution in [-0.2, 0) is 6.42 Å². The highest BCUT2D eigenvalue weighted by atomic mass is 14.7. The zero-order valence-corrected chi connectivity index (χ0v) is 7.09. The average molecular weight is 147 g/mol. The molecule has 58 valence electrons. The van der Waals surface area contributed by atoms with E-state index in [-0.39, 0.29) is 0 Å². The van der Waals surface area contributed by atoms with Crippen molar-refractivity contribution in [1.29, 1.82) is 0 Å². The number of aromatic nitrogens is 1. The quantitative estimate of drug-likeness (QED) is 0.626. The SMILES string of the molecule is C=Cc1cnc(CC)cc1C. The summed E-state index contributed by atoms with van der Waals surface area (Å²) < 4.78 is 0. The van der Waals surface area contributed by atoms with E-state index in [1.54, 1.807) is 0 Å².